The minimum Gasteiger partial charge on any atom is -0.383 e. The smallest absolute Gasteiger partial charge is 0.230 e. The van der Waals surface area contributed by atoms with Crippen LogP contribution in [0.5, 0.6) is 0 Å². The summed E-state index contributed by atoms with van der Waals surface area (Å²) >= 11 is 0. The highest BCUT2D eigenvalue weighted by molar-refractivity contribution is 6.01. The number of ether oxygens (including phenoxy) is 1. The van der Waals surface area contributed by atoms with Crippen LogP contribution >= 0.6 is 0 Å². The van der Waals surface area contributed by atoms with E-state index in [1.165, 1.54) is 0 Å². The number of carbonyl (C=O) groups excluding carboxylic acids is 2. The van der Waals surface area contributed by atoms with Gasteiger partial charge in [-0.3, -0.25) is 9.59 Å². The standard InChI is InChI=1S/C10H17NO3/c1-14-7-6-11-10(13)8-4-2-3-5-9(8)12/h8H,2-7H2,1H3,(H,11,13). The van der Waals surface area contributed by atoms with Crippen LogP contribution in [0.15, 0.2) is 0 Å². The normalized spacial score (nSPS) is 22.1. The van der Waals surface area contributed by atoms with E-state index in [1.807, 2.05) is 0 Å². The molecule has 1 atom stereocenters. The highest BCUT2D eigenvalue weighted by Gasteiger charge is 2.28. The van der Waals surface area contributed by atoms with Gasteiger partial charge < -0.3 is 10.1 Å². The van der Waals surface area contributed by atoms with Gasteiger partial charge in [-0.15, -0.1) is 0 Å². The Kier molecular flexibility index (Phi) is 4.59. The quantitative estimate of drug-likeness (QED) is 0.530. The van der Waals surface area contributed by atoms with E-state index in [-0.39, 0.29) is 11.7 Å². The Bertz CT molecular complexity index is 215. The maximum atomic E-state index is 11.5. The van der Waals surface area contributed by atoms with E-state index >= 15 is 0 Å². The third-order valence-corrected chi connectivity index (χ3v) is 2.48. The zero-order valence-corrected chi connectivity index (χ0v) is 8.54. The summed E-state index contributed by atoms with van der Waals surface area (Å²) < 4.78 is 4.81. The van der Waals surface area contributed by atoms with E-state index in [9.17, 15) is 9.59 Å². The fourth-order valence-corrected chi connectivity index (χ4v) is 1.66. The van der Waals surface area contributed by atoms with Gasteiger partial charge in [0.2, 0.25) is 5.91 Å². The van der Waals surface area contributed by atoms with Gasteiger partial charge in [0.15, 0.2) is 0 Å². The van der Waals surface area contributed by atoms with Crippen molar-refractivity contribution in [3.05, 3.63) is 0 Å². The van der Waals surface area contributed by atoms with Crippen molar-refractivity contribution in [2.75, 3.05) is 20.3 Å². The molecule has 80 valence electrons. The first-order valence-electron chi connectivity index (χ1n) is 5.05. The molecule has 1 aliphatic rings. The van der Waals surface area contributed by atoms with E-state index in [0.717, 1.165) is 12.8 Å². The summed E-state index contributed by atoms with van der Waals surface area (Å²) in [6, 6.07) is 0. The highest BCUT2D eigenvalue weighted by atomic mass is 16.5. The van der Waals surface area contributed by atoms with E-state index < -0.39 is 5.92 Å². The second-order valence-corrected chi connectivity index (χ2v) is 3.55. The van der Waals surface area contributed by atoms with Gasteiger partial charge in [0.1, 0.15) is 5.78 Å². The van der Waals surface area contributed by atoms with Gasteiger partial charge in [-0.25, -0.2) is 0 Å². The van der Waals surface area contributed by atoms with Gasteiger partial charge in [-0.1, -0.05) is 6.42 Å². The molecule has 1 rings (SSSR count). The lowest BCUT2D eigenvalue weighted by Crippen LogP contribution is -2.38. The van der Waals surface area contributed by atoms with Gasteiger partial charge in [0.25, 0.3) is 0 Å². The molecular weight excluding hydrogens is 182 g/mol. The number of Topliss-reactive ketones (excluding diaryl/α,β-unsaturated/α-hetero) is 1. The van der Waals surface area contributed by atoms with Crippen LogP contribution < -0.4 is 5.32 Å². The van der Waals surface area contributed by atoms with Crippen molar-refractivity contribution in [2.24, 2.45) is 5.92 Å². The molecule has 1 unspecified atom stereocenters. The van der Waals surface area contributed by atoms with Gasteiger partial charge in [-0.05, 0) is 12.8 Å². The Labute approximate surface area is 84.0 Å². The Morgan fingerprint density at radius 1 is 1.57 bits per heavy atom. The van der Waals surface area contributed by atoms with Crippen LogP contribution in [-0.2, 0) is 14.3 Å². The first-order valence-corrected chi connectivity index (χ1v) is 5.05. The number of rotatable bonds is 4. The molecule has 1 aliphatic carbocycles. The number of amides is 1. The number of ketones is 1. The van der Waals surface area contributed by atoms with Crippen LogP contribution in [0, 0.1) is 5.92 Å². The number of hydrogen-bond acceptors (Lipinski definition) is 3. The number of carbonyl (C=O) groups is 2. The second kappa shape index (κ2) is 5.75. The largest absolute Gasteiger partial charge is 0.383 e. The highest BCUT2D eigenvalue weighted by Crippen LogP contribution is 2.20. The third kappa shape index (κ3) is 3.10. The minimum atomic E-state index is -0.402. The SMILES string of the molecule is COCCNC(=O)C1CCCCC1=O. The summed E-state index contributed by atoms with van der Waals surface area (Å²) in [6.45, 7) is 0.978. The predicted octanol–water partition coefficient (Wildman–Crippen LogP) is 0.508. The molecule has 0 radical (unpaired) electrons. The molecule has 0 heterocycles. The lowest BCUT2D eigenvalue weighted by molar-refractivity contribution is -0.135. The fraction of sp³-hybridized carbons (Fsp3) is 0.800. The van der Waals surface area contributed by atoms with Crippen molar-refractivity contribution in [3.63, 3.8) is 0 Å². The Balaban J connectivity index is 2.31. The summed E-state index contributed by atoms with van der Waals surface area (Å²) in [5.41, 5.74) is 0. The monoisotopic (exact) mass is 199 g/mol. The van der Waals surface area contributed by atoms with E-state index in [4.69, 9.17) is 4.74 Å². The molecule has 0 bridgehead atoms. The zero-order chi connectivity index (χ0) is 10.4. The molecule has 0 spiro atoms. The second-order valence-electron chi connectivity index (χ2n) is 3.55. The lowest BCUT2D eigenvalue weighted by Gasteiger charge is -2.19. The fourth-order valence-electron chi connectivity index (χ4n) is 1.66. The van der Waals surface area contributed by atoms with Gasteiger partial charge >= 0.3 is 0 Å². The number of hydrogen-bond donors (Lipinski definition) is 1. The summed E-state index contributed by atoms with van der Waals surface area (Å²) in [5.74, 6) is -0.446. The molecule has 0 aromatic carbocycles. The maximum Gasteiger partial charge on any atom is 0.230 e. The van der Waals surface area contributed by atoms with Crippen LogP contribution in [0.3, 0.4) is 0 Å². The average molecular weight is 199 g/mol. The Morgan fingerprint density at radius 2 is 2.36 bits per heavy atom. The maximum absolute atomic E-state index is 11.5. The third-order valence-electron chi connectivity index (χ3n) is 2.48. The topological polar surface area (TPSA) is 55.4 Å². The number of methoxy groups -OCH3 is 1. The van der Waals surface area contributed by atoms with Crippen molar-refractivity contribution in [3.8, 4) is 0 Å². The molecule has 1 saturated carbocycles. The van der Waals surface area contributed by atoms with Crippen LogP contribution in [0.4, 0.5) is 0 Å². The van der Waals surface area contributed by atoms with E-state index in [0.29, 0.717) is 26.0 Å². The average Bonchev–Trinajstić information content (AvgIpc) is 2.18. The van der Waals surface area contributed by atoms with Gasteiger partial charge in [0, 0.05) is 20.1 Å². The molecule has 14 heavy (non-hydrogen) atoms. The summed E-state index contributed by atoms with van der Waals surface area (Å²) in [4.78, 5) is 22.9. The molecule has 4 nitrogen and oxygen atoms in total. The first kappa shape index (κ1) is 11.2. The molecule has 0 saturated heterocycles. The molecule has 0 aromatic heterocycles. The molecule has 0 aliphatic heterocycles. The van der Waals surface area contributed by atoms with E-state index in [1.54, 1.807) is 7.11 Å². The van der Waals surface area contributed by atoms with Crippen molar-refractivity contribution < 1.29 is 14.3 Å². The van der Waals surface area contributed by atoms with Gasteiger partial charge in [0.05, 0.1) is 12.5 Å². The molecule has 4 heteroatoms. The first-order chi connectivity index (χ1) is 6.75. The molecular formula is C10H17NO3. The van der Waals surface area contributed by atoms with Crippen molar-refractivity contribution in [1.29, 1.82) is 0 Å². The van der Waals surface area contributed by atoms with Crippen molar-refractivity contribution >= 4 is 11.7 Å². The van der Waals surface area contributed by atoms with Crippen LogP contribution in [0.2, 0.25) is 0 Å². The van der Waals surface area contributed by atoms with Crippen molar-refractivity contribution in [1.82, 2.24) is 5.32 Å². The van der Waals surface area contributed by atoms with Gasteiger partial charge in [-0.2, -0.15) is 0 Å². The van der Waals surface area contributed by atoms with E-state index in [2.05, 4.69) is 5.32 Å². The number of nitrogens with one attached hydrogen (secondary N) is 1. The summed E-state index contributed by atoms with van der Waals surface area (Å²) in [7, 11) is 1.58. The van der Waals surface area contributed by atoms with Crippen molar-refractivity contribution in [2.45, 2.75) is 25.7 Å². The molecule has 1 N–H and O–H groups in total. The molecule has 0 aromatic rings. The summed E-state index contributed by atoms with van der Waals surface area (Å²) in [5, 5.41) is 2.70. The molecule has 1 amide bonds. The predicted molar refractivity (Wildman–Crippen MR) is 51.9 cm³/mol. The van der Waals surface area contributed by atoms with Crippen LogP contribution in [-0.4, -0.2) is 32.0 Å². The minimum absolute atomic E-state index is 0.0890. The Hall–Kier alpha value is -0.900. The van der Waals surface area contributed by atoms with Crippen LogP contribution in [0.1, 0.15) is 25.7 Å². The zero-order valence-electron chi connectivity index (χ0n) is 8.54. The molecule has 1 fully saturated rings. The van der Waals surface area contributed by atoms with Crippen LogP contribution in [0.25, 0.3) is 0 Å². The summed E-state index contributed by atoms with van der Waals surface area (Å²) in [6.07, 6.45) is 3.18. The lowest BCUT2D eigenvalue weighted by atomic mass is 9.87. The Morgan fingerprint density at radius 3 is 3.00 bits per heavy atom.